The number of amides is 1. The minimum Gasteiger partial charge on any atom is -0.396 e. The third kappa shape index (κ3) is 2.34. The van der Waals surface area contributed by atoms with Crippen LogP contribution in [0, 0.1) is 17.8 Å². The number of H-pyrrole nitrogens is 1. The molecular weight excluding hydrogens is 294 g/mol. The highest BCUT2D eigenvalue weighted by molar-refractivity contribution is 5.92. The second-order valence-electron chi connectivity index (χ2n) is 6.61. The lowest BCUT2D eigenvalue weighted by Crippen LogP contribution is -2.46. The molecule has 1 amide bonds. The van der Waals surface area contributed by atoms with Crippen molar-refractivity contribution in [3.8, 4) is 0 Å². The first-order valence-corrected chi connectivity index (χ1v) is 8.08. The summed E-state index contributed by atoms with van der Waals surface area (Å²) < 4.78 is 0. The largest absolute Gasteiger partial charge is 0.396 e. The minimum atomic E-state index is -0.371. The van der Waals surface area contributed by atoms with Crippen molar-refractivity contribution in [2.75, 3.05) is 6.61 Å². The number of para-hydroxylation sites is 1. The average molecular weight is 313 g/mol. The molecule has 2 aliphatic rings. The third-order valence-electron chi connectivity index (χ3n) is 5.42. The molecule has 0 radical (unpaired) electrons. The molecule has 1 aromatic heterocycles. The summed E-state index contributed by atoms with van der Waals surface area (Å²) in [5, 5.41) is 13.1. The fourth-order valence-electron chi connectivity index (χ4n) is 4.31. The van der Waals surface area contributed by atoms with Gasteiger partial charge in [-0.2, -0.15) is 0 Å². The van der Waals surface area contributed by atoms with Crippen molar-refractivity contribution >= 4 is 16.8 Å². The van der Waals surface area contributed by atoms with Crippen molar-refractivity contribution in [3.63, 3.8) is 0 Å². The smallest absolute Gasteiger partial charge is 0.287 e. The van der Waals surface area contributed by atoms with E-state index < -0.39 is 0 Å². The number of aromatic nitrogens is 2. The van der Waals surface area contributed by atoms with Crippen molar-refractivity contribution in [1.82, 2.24) is 15.3 Å². The van der Waals surface area contributed by atoms with Gasteiger partial charge in [0.25, 0.3) is 11.5 Å². The summed E-state index contributed by atoms with van der Waals surface area (Å²) >= 11 is 0. The van der Waals surface area contributed by atoms with Gasteiger partial charge in [-0.05, 0) is 43.2 Å². The van der Waals surface area contributed by atoms with E-state index in [0.29, 0.717) is 22.7 Å². The molecule has 4 rings (SSSR count). The van der Waals surface area contributed by atoms with Gasteiger partial charge in [-0.15, -0.1) is 0 Å². The Bertz CT molecular complexity index is 816. The minimum absolute atomic E-state index is 0.0250. The van der Waals surface area contributed by atoms with Gasteiger partial charge < -0.3 is 15.4 Å². The topological polar surface area (TPSA) is 95.1 Å². The van der Waals surface area contributed by atoms with E-state index in [1.54, 1.807) is 24.3 Å². The molecular formula is C17H19N3O3. The molecule has 0 spiro atoms. The number of hydrogen-bond donors (Lipinski definition) is 3. The third-order valence-corrected chi connectivity index (χ3v) is 5.42. The van der Waals surface area contributed by atoms with Gasteiger partial charge in [-0.3, -0.25) is 9.59 Å². The Morgan fingerprint density at radius 1 is 1.30 bits per heavy atom. The zero-order valence-electron chi connectivity index (χ0n) is 12.7. The lowest BCUT2D eigenvalue weighted by molar-refractivity contribution is 0.0851. The molecule has 0 saturated heterocycles. The van der Waals surface area contributed by atoms with Crippen molar-refractivity contribution in [2.24, 2.45) is 17.8 Å². The molecule has 4 atom stereocenters. The molecule has 1 heterocycles. The Morgan fingerprint density at radius 3 is 2.91 bits per heavy atom. The quantitative estimate of drug-likeness (QED) is 0.789. The van der Waals surface area contributed by atoms with Gasteiger partial charge in [0.1, 0.15) is 0 Å². The number of carbonyl (C=O) groups excluding carboxylic acids is 1. The molecule has 3 N–H and O–H groups in total. The fraction of sp³-hybridized carbons (Fsp3) is 0.471. The van der Waals surface area contributed by atoms with Gasteiger partial charge in [0.15, 0.2) is 5.82 Å². The highest BCUT2D eigenvalue weighted by Gasteiger charge is 2.47. The van der Waals surface area contributed by atoms with Gasteiger partial charge in [0, 0.05) is 18.6 Å². The molecule has 6 heteroatoms. The predicted molar refractivity (Wildman–Crippen MR) is 85.0 cm³/mol. The van der Waals surface area contributed by atoms with E-state index in [2.05, 4.69) is 15.3 Å². The standard InChI is InChI=1S/C17H19N3O3/c21-8-12-9-5-6-10(7-9)14(12)19-17(23)15-18-13-4-2-1-3-11(13)16(22)20-15/h1-4,9-10,12,14,21H,5-8H2,(H,19,23)(H,18,20,22)/t9-,10-,12+,14+/m0/s1. The number of aliphatic hydroxyl groups is 1. The molecule has 2 fully saturated rings. The number of nitrogens with one attached hydrogen (secondary N) is 2. The average Bonchev–Trinajstić information content (AvgIpc) is 3.16. The summed E-state index contributed by atoms with van der Waals surface area (Å²) in [6.07, 6.45) is 3.29. The van der Waals surface area contributed by atoms with Crippen LogP contribution < -0.4 is 10.9 Å². The summed E-state index contributed by atoms with van der Waals surface area (Å²) in [6, 6.07) is 6.92. The maximum Gasteiger partial charge on any atom is 0.287 e. The van der Waals surface area contributed by atoms with E-state index in [0.717, 1.165) is 19.3 Å². The lowest BCUT2D eigenvalue weighted by atomic mass is 9.85. The Kier molecular flexibility index (Phi) is 3.41. The molecule has 1 aromatic carbocycles. The monoisotopic (exact) mass is 313 g/mol. The van der Waals surface area contributed by atoms with Crippen LogP contribution in [0.2, 0.25) is 0 Å². The highest BCUT2D eigenvalue weighted by Crippen LogP contribution is 2.48. The van der Waals surface area contributed by atoms with E-state index in [9.17, 15) is 14.7 Å². The molecule has 23 heavy (non-hydrogen) atoms. The lowest BCUT2D eigenvalue weighted by Gasteiger charge is -2.30. The van der Waals surface area contributed by atoms with E-state index in [1.165, 1.54) is 0 Å². The molecule has 2 saturated carbocycles. The number of rotatable bonds is 3. The van der Waals surface area contributed by atoms with Gasteiger partial charge in [-0.1, -0.05) is 12.1 Å². The zero-order valence-corrected chi connectivity index (χ0v) is 12.7. The number of fused-ring (bicyclic) bond motifs is 3. The van der Waals surface area contributed by atoms with Crippen molar-refractivity contribution in [2.45, 2.75) is 25.3 Å². The van der Waals surface area contributed by atoms with E-state index in [-0.39, 0.29) is 35.9 Å². The maximum atomic E-state index is 12.5. The molecule has 2 aromatic rings. The predicted octanol–water partition coefficient (Wildman–Crippen LogP) is 1.06. The van der Waals surface area contributed by atoms with Crippen LogP contribution in [0.4, 0.5) is 0 Å². The van der Waals surface area contributed by atoms with Gasteiger partial charge >= 0.3 is 0 Å². The molecule has 120 valence electrons. The zero-order chi connectivity index (χ0) is 16.0. The first-order chi connectivity index (χ1) is 11.2. The molecule has 0 aliphatic heterocycles. The summed E-state index contributed by atoms with van der Waals surface area (Å²) in [4.78, 5) is 31.4. The first kappa shape index (κ1) is 14.4. The Labute approximate surface area is 132 Å². The summed E-state index contributed by atoms with van der Waals surface area (Å²) in [5.41, 5.74) is 0.195. The molecule has 2 bridgehead atoms. The Morgan fingerprint density at radius 2 is 2.09 bits per heavy atom. The molecule has 2 aliphatic carbocycles. The Hall–Kier alpha value is -2.21. The first-order valence-electron chi connectivity index (χ1n) is 8.08. The second kappa shape index (κ2) is 5.45. The molecule has 6 nitrogen and oxygen atoms in total. The van der Waals surface area contributed by atoms with E-state index in [4.69, 9.17) is 0 Å². The van der Waals surface area contributed by atoms with Crippen molar-refractivity contribution < 1.29 is 9.90 Å². The summed E-state index contributed by atoms with van der Waals surface area (Å²) in [6.45, 7) is 0.0911. The number of carbonyl (C=O) groups is 1. The SMILES string of the molecule is O=C(N[C@@H]1[C@H]2CC[C@@H](C2)[C@H]1CO)c1nc2ccccc2c(=O)[nH]1. The Balaban J connectivity index is 1.61. The number of hydrogen-bond acceptors (Lipinski definition) is 4. The van der Waals surface area contributed by atoms with Crippen LogP contribution in [0.25, 0.3) is 10.9 Å². The van der Waals surface area contributed by atoms with Gasteiger partial charge in [0.05, 0.1) is 10.9 Å². The number of benzene rings is 1. The van der Waals surface area contributed by atoms with Crippen LogP contribution in [-0.4, -0.2) is 33.6 Å². The van der Waals surface area contributed by atoms with Crippen molar-refractivity contribution in [3.05, 3.63) is 40.4 Å². The highest BCUT2D eigenvalue weighted by atomic mass is 16.3. The van der Waals surface area contributed by atoms with Crippen LogP contribution in [-0.2, 0) is 0 Å². The summed E-state index contributed by atoms with van der Waals surface area (Å²) in [5.74, 6) is 0.703. The van der Waals surface area contributed by atoms with Gasteiger partial charge in [0.2, 0.25) is 0 Å². The van der Waals surface area contributed by atoms with Gasteiger partial charge in [-0.25, -0.2) is 4.98 Å². The van der Waals surface area contributed by atoms with Crippen LogP contribution in [0.15, 0.2) is 29.1 Å². The van der Waals surface area contributed by atoms with Crippen LogP contribution in [0.5, 0.6) is 0 Å². The van der Waals surface area contributed by atoms with E-state index >= 15 is 0 Å². The van der Waals surface area contributed by atoms with E-state index in [1.807, 2.05) is 0 Å². The number of aliphatic hydroxyl groups excluding tert-OH is 1. The van der Waals surface area contributed by atoms with Crippen LogP contribution in [0.3, 0.4) is 0 Å². The number of nitrogens with zero attached hydrogens (tertiary/aromatic N) is 1. The number of aromatic amines is 1. The van der Waals surface area contributed by atoms with Crippen LogP contribution >= 0.6 is 0 Å². The fourth-order valence-corrected chi connectivity index (χ4v) is 4.31. The maximum absolute atomic E-state index is 12.5. The van der Waals surface area contributed by atoms with Crippen molar-refractivity contribution in [1.29, 1.82) is 0 Å². The molecule has 0 unspecified atom stereocenters. The normalized spacial score (nSPS) is 29.1. The second-order valence-corrected chi connectivity index (χ2v) is 6.61. The van der Waals surface area contributed by atoms with Crippen LogP contribution in [0.1, 0.15) is 29.9 Å². The summed E-state index contributed by atoms with van der Waals surface area (Å²) in [7, 11) is 0.